The molecule has 1 amide bonds. The molecule has 1 fully saturated rings. The zero-order valence-electron chi connectivity index (χ0n) is 14.4. The van der Waals surface area contributed by atoms with E-state index in [9.17, 15) is 4.79 Å². The third kappa shape index (κ3) is 6.51. The van der Waals surface area contributed by atoms with Crippen LogP contribution in [0.1, 0.15) is 52.1 Å². The van der Waals surface area contributed by atoms with Gasteiger partial charge < -0.3 is 15.4 Å². The van der Waals surface area contributed by atoms with Crippen LogP contribution in [-0.2, 0) is 4.74 Å². The Morgan fingerprint density at radius 1 is 1.30 bits per heavy atom. The maximum Gasteiger partial charge on any atom is 0.407 e. The molecule has 1 aromatic rings. The standard InChI is InChI=1S/C18H27BrN2O2/c1-12(13-7-9-15(19)10-8-13)20-11-16(14-5-6-14)21-17(22)23-18(2,3)4/h7-10,12,14,16,20H,5-6,11H2,1-4H3,(H,21,22). The Kier molecular flexibility index (Phi) is 6.09. The van der Waals surface area contributed by atoms with Gasteiger partial charge in [-0.3, -0.25) is 0 Å². The van der Waals surface area contributed by atoms with Crippen LogP contribution >= 0.6 is 15.9 Å². The second-order valence-electron chi connectivity index (χ2n) is 7.27. The number of benzene rings is 1. The molecule has 23 heavy (non-hydrogen) atoms. The smallest absolute Gasteiger partial charge is 0.407 e. The number of carbonyl (C=O) groups excluding carboxylic acids is 1. The SMILES string of the molecule is CC(NCC(NC(=O)OC(C)(C)C)C1CC1)c1ccc(Br)cc1. The van der Waals surface area contributed by atoms with Crippen molar-refractivity contribution < 1.29 is 9.53 Å². The molecule has 5 heteroatoms. The number of halogens is 1. The summed E-state index contributed by atoms with van der Waals surface area (Å²) in [6, 6.07) is 8.67. The highest BCUT2D eigenvalue weighted by molar-refractivity contribution is 9.10. The molecule has 0 heterocycles. The topological polar surface area (TPSA) is 50.4 Å². The number of carbonyl (C=O) groups is 1. The average molecular weight is 383 g/mol. The molecule has 0 saturated heterocycles. The van der Waals surface area contributed by atoms with E-state index in [1.807, 2.05) is 32.9 Å². The normalized spacial score (nSPS) is 17.4. The van der Waals surface area contributed by atoms with E-state index in [0.29, 0.717) is 5.92 Å². The first kappa shape index (κ1) is 18.3. The molecule has 2 unspecified atom stereocenters. The van der Waals surface area contributed by atoms with Gasteiger partial charge in [0.05, 0.1) is 0 Å². The van der Waals surface area contributed by atoms with Crippen molar-refractivity contribution in [2.45, 2.75) is 58.2 Å². The minimum atomic E-state index is -0.462. The van der Waals surface area contributed by atoms with E-state index in [1.165, 1.54) is 18.4 Å². The van der Waals surface area contributed by atoms with Crippen molar-refractivity contribution in [2.75, 3.05) is 6.54 Å². The van der Waals surface area contributed by atoms with Gasteiger partial charge in [-0.2, -0.15) is 0 Å². The molecule has 1 aliphatic rings. The van der Waals surface area contributed by atoms with Gasteiger partial charge >= 0.3 is 6.09 Å². The van der Waals surface area contributed by atoms with Crippen LogP contribution in [0.25, 0.3) is 0 Å². The molecule has 4 nitrogen and oxygen atoms in total. The Morgan fingerprint density at radius 2 is 1.91 bits per heavy atom. The van der Waals surface area contributed by atoms with Crippen molar-refractivity contribution >= 4 is 22.0 Å². The summed E-state index contributed by atoms with van der Waals surface area (Å²) in [4.78, 5) is 12.0. The minimum absolute atomic E-state index is 0.128. The van der Waals surface area contributed by atoms with Gasteiger partial charge in [0.15, 0.2) is 0 Å². The van der Waals surface area contributed by atoms with Gasteiger partial charge in [-0.1, -0.05) is 28.1 Å². The van der Waals surface area contributed by atoms with E-state index in [0.717, 1.165) is 11.0 Å². The Hall–Kier alpha value is -1.07. The number of ether oxygens (including phenoxy) is 1. The predicted molar refractivity (Wildman–Crippen MR) is 96.4 cm³/mol. The van der Waals surface area contributed by atoms with E-state index < -0.39 is 5.60 Å². The fourth-order valence-corrected chi connectivity index (χ4v) is 2.73. The first-order valence-electron chi connectivity index (χ1n) is 8.23. The quantitative estimate of drug-likeness (QED) is 0.766. The van der Waals surface area contributed by atoms with Crippen LogP contribution in [-0.4, -0.2) is 24.3 Å². The Bertz CT molecular complexity index is 521. The van der Waals surface area contributed by atoms with E-state index >= 15 is 0 Å². The average Bonchev–Trinajstić information content (AvgIpc) is 3.26. The van der Waals surface area contributed by atoms with Crippen LogP contribution in [0.5, 0.6) is 0 Å². The summed E-state index contributed by atoms with van der Waals surface area (Å²) in [6.45, 7) is 8.54. The molecule has 0 radical (unpaired) electrons. The van der Waals surface area contributed by atoms with Crippen molar-refractivity contribution in [2.24, 2.45) is 5.92 Å². The lowest BCUT2D eigenvalue weighted by molar-refractivity contribution is 0.0497. The Labute approximate surface area is 147 Å². The molecule has 0 spiro atoms. The summed E-state index contributed by atoms with van der Waals surface area (Å²) in [5, 5.41) is 6.54. The molecule has 2 N–H and O–H groups in total. The minimum Gasteiger partial charge on any atom is -0.444 e. The van der Waals surface area contributed by atoms with Crippen LogP contribution in [0.3, 0.4) is 0 Å². The third-order valence-corrected chi connectivity index (χ3v) is 4.44. The zero-order chi connectivity index (χ0) is 17.0. The molecule has 0 aliphatic heterocycles. The molecule has 1 saturated carbocycles. The lowest BCUT2D eigenvalue weighted by atomic mass is 10.1. The van der Waals surface area contributed by atoms with Gasteiger partial charge in [0.1, 0.15) is 5.60 Å². The second-order valence-corrected chi connectivity index (χ2v) is 8.19. The number of nitrogens with one attached hydrogen (secondary N) is 2. The summed E-state index contributed by atoms with van der Waals surface area (Å²) < 4.78 is 6.45. The second kappa shape index (κ2) is 7.67. The lowest BCUT2D eigenvalue weighted by Gasteiger charge is -2.25. The number of amides is 1. The van der Waals surface area contributed by atoms with Gasteiger partial charge in [0.2, 0.25) is 0 Å². The van der Waals surface area contributed by atoms with Crippen LogP contribution in [0.2, 0.25) is 0 Å². The maximum atomic E-state index is 12.0. The van der Waals surface area contributed by atoms with E-state index in [-0.39, 0.29) is 18.2 Å². The highest BCUT2D eigenvalue weighted by Crippen LogP contribution is 2.32. The zero-order valence-corrected chi connectivity index (χ0v) is 15.9. The van der Waals surface area contributed by atoms with Crippen LogP contribution in [0.15, 0.2) is 28.7 Å². The van der Waals surface area contributed by atoms with E-state index in [1.54, 1.807) is 0 Å². The number of hydrogen-bond acceptors (Lipinski definition) is 3. The van der Waals surface area contributed by atoms with Gasteiger partial charge in [0, 0.05) is 23.1 Å². The van der Waals surface area contributed by atoms with Crippen LogP contribution < -0.4 is 10.6 Å². The largest absolute Gasteiger partial charge is 0.444 e. The molecular weight excluding hydrogens is 356 g/mol. The first-order valence-corrected chi connectivity index (χ1v) is 9.02. The number of hydrogen-bond donors (Lipinski definition) is 2. The molecule has 2 atom stereocenters. The molecule has 1 aromatic carbocycles. The monoisotopic (exact) mass is 382 g/mol. The molecule has 0 aromatic heterocycles. The fraction of sp³-hybridized carbons (Fsp3) is 0.611. The summed E-state index contributed by atoms with van der Waals surface area (Å²) >= 11 is 3.45. The summed E-state index contributed by atoms with van der Waals surface area (Å²) in [5.41, 5.74) is 0.774. The predicted octanol–water partition coefficient (Wildman–Crippen LogP) is 4.40. The maximum absolute atomic E-state index is 12.0. The third-order valence-electron chi connectivity index (χ3n) is 3.91. The molecule has 0 bridgehead atoms. The van der Waals surface area contributed by atoms with Crippen molar-refractivity contribution in [1.82, 2.24) is 10.6 Å². The van der Waals surface area contributed by atoms with E-state index in [2.05, 4.69) is 45.6 Å². The van der Waals surface area contributed by atoms with Crippen molar-refractivity contribution in [3.05, 3.63) is 34.3 Å². The van der Waals surface area contributed by atoms with Crippen molar-refractivity contribution in [3.63, 3.8) is 0 Å². The Morgan fingerprint density at radius 3 is 2.43 bits per heavy atom. The number of rotatable bonds is 6. The lowest BCUT2D eigenvalue weighted by Crippen LogP contribution is -2.46. The van der Waals surface area contributed by atoms with Gasteiger partial charge in [-0.15, -0.1) is 0 Å². The highest BCUT2D eigenvalue weighted by atomic mass is 79.9. The summed E-state index contributed by atoms with van der Waals surface area (Å²) in [7, 11) is 0. The number of alkyl carbamates (subject to hydrolysis) is 1. The van der Waals surface area contributed by atoms with Crippen molar-refractivity contribution in [3.8, 4) is 0 Å². The van der Waals surface area contributed by atoms with Crippen LogP contribution in [0, 0.1) is 5.92 Å². The Balaban J connectivity index is 1.85. The van der Waals surface area contributed by atoms with Gasteiger partial charge in [-0.05, 0) is 64.2 Å². The van der Waals surface area contributed by atoms with E-state index in [4.69, 9.17) is 4.74 Å². The van der Waals surface area contributed by atoms with Crippen molar-refractivity contribution in [1.29, 1.82) is 0 Å². The fourth-order valence-electron chi connectivity index (χ4n) is 2.47. The molecule has 1 aliphatic carbocycles. The van der Waals surface area contributed by atoms with Gasteiger partial charge in [0.25, 0.3) is 0 Å². The highest BCUT2D eigenvalue weighted by Gasteiger charge is 2.33. The first-order chi connectivity index (χ1) is 10.7. The molecule has 128 valence electrons. The molecule has 2 rings (SSSR count). The molecular formula is C18H27BrN2O2. The summed E-state index contributed by atoms with van der Waals surface area (Å²) in [6.07, 6.45) is 2.02. The van der Waals surface area contributed by atoms with Crippen LogP contribution in [0.4, 0.5) is 4.79 Å². The van der Waals surface area contributed by atoms with Gasteiger partial charge in [-0.25, -0.2) is 4.79 Å². The summed E-state index contributed by atoms with van der Waals surface area (Å²) in [5.74, 6) is 0.562.